The number of furan rings is 1. The lowest BCUT2D eigenvalue weighted by Gasteiger charge is -2.03. The molecule has 0 spiro atoms. The fourth-order valence-electron chi connectivity index (χ4n) is 2.30. The van der Waals surface area contributed by atoms with Crippen molar-refractivity contribution in [1.29, 1.82) is 0 Å². The number of benzene rings is 2. The van der Waals surface area contributed by atoms with Crippen LogP contribution in [0.5, 0.6) is 0 Å². The van der Waals surface area contributed by atoms with Gasteiger partial charge < -0.3 is 9.73 Å². The van der Waals surface area contributed by atoms with Gasteiger partial charge in [0.2, 0.25) is 0 Å². The molecule has 0 aliphatic carbocycles. The van der Waals surface area contributed by atoms with Crippen LogP contribution in [0.2, 0.25) is 0 Å². The van der Waals surface area contributed by atoms with Crippen LogP contribution in [0.4, 0.5) is 14.9 Å². The highest BCUT2D eigenvalue weighted by atomic mass is 19.1. The third-order valence-corrected chi connectivity index (χ3v) is 3.71. The number of carbonyl (C=O) groups is 1. The summed E-state index contributed by atoms with van der Waals surface area (Å²) in [5.74, 6) is 0.564. The largest absolute Gasteiger partial charge is 0.455 e. The number of non-ortho nitro benzene ring substituents is 1. The maximum absolute atomic E-state index is 12.8. The molecule has 0 unspecified atom stereocenters. The second-order valence-corrected chi connectivity index (χ2v) is 5.69. The number of carbonyl (C=O) groups excluding carboxylic acids is 1. The first-order chi connectivity index (χ1) is 13.5. The van der Waals surface area contributed by atoms with Gasteiger partial charge in [0.05, 0.1) is 11.1 Å². The molecule has 2 aromatic carbocycles. The SMILES string of the molecule is O=C(NCc1ccc(F)cc1)N/N=C/c1ccc(-c2ccc([N+](=O)[O-])cc2)o1. The predicted octanol–water partition coefficient (Wildman–Crippen LogP) is 3.83. The quantitative estimate of drug-likeness (QED) is 0.383. The Morgan fingerprint density at radius 3 is 2.50 bits per heavy atom. The summed E-state index contributed by atoms with van der Waals surface area (Å²) >= 11 is 0. The number of nitro groups is 1. The van der Waals surface area contributed by atoms with Crippen molar-refractivity contribution in [2.75, 3.05) is 0 Å². The number of amides is 2. The first-order valence-electron chi connectivity index (χ1n) is 8.17. The standard InChI is InChI=1S/C19H15FN4O4/c20-15-5-1-13(2-6-15)11-21-19(25)23-22-12-17-9-10-18(28-17)14-3-7-16(8-4-14)24(26)27/h1-10,12H,11H2,(H2,21,23,25)/b22-12+. The fraction of sp³-hybridized carbons (Fsp3) is 0.0526. The minimum absolute atomic E-state index is 0.00654. The second-order valence-electron chi connectivity index (χ2n) is 5.69. The van der Waals surface area contributed by atoms with Crippen molar-refractivity contribution in [2.45, 2.75) is 6.54 Å². The summed E-state index contributed by atoms with van der Waals surface area (Å²) in [5.41, 5.74) is 3.71. The summed E-state index contributed by atoms with van der Waals surface area (Å²) < 4.78 is 18.4. The normalized spacial score (nSPS) is 10.8. The molecular formula is C19H15FN4O4. The Labute approximate surface area is 158 Å². The van der Waals surface area contributed by atoms with Crippen LogP contribution in [0.1, 0.15) is 11.3 Å². The van der Waals surface area contributed by atoms with Crippen molar-refractivity contribution in [3.63, 3.8) is 0 Å². The van der Waals surface area contributed by atoms with Crippen molar-refractivity contribution >= 4 is 17.9 Å². The topological polar surface area (TPSA) is 110 Å². The number of halogens is 1. The average molecular weight is 382 g/mol. The molecule has 0 saturated carbocycles. The average Bonchev–Trinajstić information content (AvgIpc) is 3.16. The van der Waals surface area contributed by atoms with Gasteiger partial charge in [-0.3, -0.25) is 10.1 Å². The van der Waals surface area contributed by atoms with Crippen molar-refractivity contribution in [3.05, 3.63) is 87.9 Å². The van der Waals surface area contributed by atoms with Crippen molar-refractivity contribution in [1.82, 2.24) is 10.7 Å². The molecule has 8 nitrogen and oxygen atoms in total. The Kier molecular flexibility index (Phi) is 5.75. The highest BCUT2D eigenvalue weighted by Crippen LogP contribution is 2.23. The summed E-state index contributed by atoms with van der Waals surface area (Å²) in [4.78, 5) is 21.9. The molecule has 0 aliphatic rings. The summed E-state index contributed by atoms with van der Waals surface area (Å²) in [7, 11) is 0. The number of hydrogen-bond acceptors (Lipinski definition) is 5. The minimum Gasteiger partial charge on any atom is -0.455 e. The molecule has 0 saturated heterocycles. The molecule has 3 aromatic rings. The van der Waals surface area contributed by atoms with Crippen LogP contribution < -0.4 is 10.7 Å². The van der Waals surface area contributed by atoms with E-state index in [0.29, 0.717) is 17.1 Å². The maximum atomic E-state index is 12.8. The van der Waals surface area contributed by atoms with Gasteiger partial charge in [-0.25, -0.2) is 14.6 Å². The number of nitro benzene ring substituents is 1. The van der Waals surface area contributed by atoms with Crippen LogP contribution in [0, 0.1) is 15.9 Å². The van der Waals surface area contributed by atoms with E-state index in [-0.39, 0.29) is 18.0 Å². The summed E-state index contributed by atoms with van der Waals surface area (Å²) in [5, 5.41) is 17.0. The van der Waals surface area contributed by atoms with Gasteiger partial charge in [0.25, 0.3) is 5.69 Å². The summed E-state index contributed by atoms with van der Waals surface area (Å²) in [6.07, 6.45) is 1.33. The first kappa shape index (κ1) is 18.8. The molecule has 28 heavy (non-hydrogen) atoms. The van der Waals surface area contributed by atoms with Crippen molar-refractivity contribution < 1.29 is 18.5 Å². The fourth-order valence-corrected chi connectivity index (χ4v) is 2.30. The van der Waals surface area contributed by atoms with Crippen LogP contribution in [0.25, 0.3) is 11.3 Å². The molecule has 0 fully saturated rings. The summed E-state index contributed by atoms with van der Waals surface area (Å²) in [6.45, 7) is 0.229. The zero-order chi connectivity index (χ0) is 19.9. The number of urea groups is 1. The third kappa shape index (κ3) is 5.01. The lowest BCUT2D eigenvalue weighted by molar-refractivity contribution is -0.384. The van der Waals surface area contributed by atoms with Gasteiger partial charge in [0.1, 0.15) is 17.3 Å². The van der Waals surface area contributed by atoms with Crippen molar-refractivity contribution in [2.24, 2.45) is 5.10 Å². The Morgan fingerprint density at radius 2 is 1.82 bits per heavy atom. The Hall–Kier alpha value is -4.01. The van der Waals surface area contributed by atoms with Gasteiger partial charge in [-0.15, -0.1) is 0 Å². The summed E-state index contributed by atoms with van der Waals surface area (Å²) in [6, 6.07) is 14.5. The van der Waals surface area contributed by atoms with Crippen LogP contribution in [0.15, 0.2) is 70.2 Å². The molecule has 2 amide bonds. The van der Waals surface area contributed by atoms with Gasteiger partial charge in [-0.05, 0) is 42.0 Å². The van der Waals surface area contributed by atoms with Gasteiger partial charge >= 0.3 is 6.03 Å². The molecule has 9 heteroatoms. The van der Waals surface area contributed by atoms with Crippen molar-refractivity contribution in [3.8, 4) is 11.3 Å². The predicted molar refractivity (Wildman–Crippen MR) is 100 cm³/mol. The maximum Gasteiger partial charge on any atom is 0.335 e. The molecule has 2 N–H and O–H groups in total. The molecule has 142 valence electrons. The molecule has 3 rings (SSSR count). The monoisotopic (exact) mass is 382 g/mol. The highest BCUT2D eigenvalue weighted by Gasteiger charge is 2.08. The molecule has 1 heterocycles. The van der Waals surface area contributed by atoms with Crippen LogP contribution in [-0.4, -0.2) is 17.2 Å². The van der Waals surface area contributed by atoms with E-state index in [4.69, 9.17) is 4.42 Å². The van der Waals surface area contributed by atoms with E-state index in [0.717, 1.165) is 5.56 Å². The Bertz CT molecular complexity index is 998. The second kappa shape index (κ2) is 8.58. The van der Waals surface area contributed by atoms with E-state index >= 15 is 0 Å². The smallest absolute Gasteiger partial charge is 0.335 e. The zero-order valence-corrected chi connectivity index (χ0v) is 14.5. The van der Waals surface area contributed by atoms with Crippen LogP contribution in [0.3, 0.4) is 0 Å². The van der Waals surface area contributed by atoms with E-state index in [9.17, 15) is 19.3 Å². The lowest BCUT2D eigenvalue weighted by atomic mass is 10.1. The number of nitrogens with zero attached hydrogens (tertiary/aromatic N) is 2. The van der Waals surface area contributed by atoms with E-state index in [1.807, 2.05) is 0 Å². The highest BCUT2D eigenvalue weighted by molar-refractivity contribution is 5.80. The van der Waals surface area contributed by atoms with Crippen LogP contribution in [-0.2, 0) is 6.54 Å². The van der Waals surface area contributed by atoms with Gasteiger partial charge in [-0.1, -0.05) is 12.1 Å². The van der Waals surface area contributed by atoms with E-state index in [2.05, 4.69) is 15.8 Å². The molecule has 0 aliphatic heterocycles. The number of hydrazone groups is 1. The van der Waals surface area contributed by atoms with Gasteiger partial charge in [0.15, 0.2) is 0 Å². The van der Waals surface area contributed by atoms with E-state index in [1.54, 1.807) is 36.4 Å². The lowest BCUT2D eigenvalue weighted by Crippen LogP contribution is -2.31. The zero-order valence-electron chi connectivity index (χ0n) is 14.5. The molecule has 1 aromatic heterocycles. The third-order valence-electron chi connectivity index (χ3n) is 3.71. The van der Waals surface area contributed by atoms with Gasteiger partial charge in [0, 0.05) is 24.2 Å². The van der Waals surface area contributed by atoms with Gasteiger partial charge in [-0.2, -0.15) is 5.10 Å². The number of rotatable bonds is 6. The Balaban J connectivity index is 1.51. The number of hydrogen-bond donors (Lipinski definition) is 2. The molecule has 0 atom stereocenters. The molecule has 0 bridgehead atoms. The van der Waals surface area contributed by atoms with Crippen LogP contribution >= 0.6 is 0 Å². The minimum atomic E-state index is -0.525. The first-order valence-corrected chi connectivity index (χ1v) is 8.17. The van der Waals surface area contributed by atoms with E-state index in [1.165, 1.54) is 30.5 Å². The molecule has 0 radical (unpaired) electrons. The molecular weight excluding hydrogens is 367 g/mol. The number of nitrogens with one attached hydrogen (secondary N) is 2. The van der Waals surface area contributed by atoms with E-state index < -0.39 is 11.0 Å². The Morgan fingerprint density at radius 1 is 1.11 bits per heavy atom.